The zero-order chi connectivity index (χ0) is 22.9. The smallest absolute Gasteiger partial charge is 0.266 e. The van der Waals surface area contributed by atoms with Crippen molar-refractivity contribution in [1.29, 1.82) is 0 Å². The molecule has 3 aromatic rings. The number of Topliss-reactive ketones (excluding diaryl/α,β-unsaturated/α-hetero) is 1. The van der Waals surface area contributed by atoms with Crippen molar-refractivity contribution in [3.63, 3.8) is 0 Å². The van der Waals surface area contributed by atoms with Gasteiger partial charge in [-0.2, -0.15) is 5.10 Å². The molecule has 0 fully saturated rings. The maximum Gasteiger partial charge on any atom is 0.266 e. The van der Waals surface area contributed by atoms with E-state index in [0.717, 1.165) is 11.1 Å². The highest BCUT2D eigenvalue weighted by molar-refractivity contribution is 6.01. The molecule has 1 amide bonds. The number of nitrogens with zero attached hydrogens (tertiary/aromatic N) is 2. The van der Waals surface area contributed by atoms with E-state index in [2.05, 4.69) is 15.6 Å². The van der Waals surface area contributed by atoms with Crippen LogP contribution in [0.3, 0.4) is 0 Å². The molecule has 0 spiro atoms. The van der Waals surface area contributed by atoms with E-state index < -0.39 is 11.5 Å². The molecule has 1 aliphatic carbocycles. The van der Waals surface area contributed by atoms with E-state index in [1.165, 1.54) is 23.2 Å². The number of hydrogen-bond acceptors (Lipinski definition) is 5. The lowest BCUT2D eigenvalue weighted by Crippen LogP contribution is -2.43. The Hall–Kier alpha value is -4.07. The van der Waals surface area contributed by atoms with Crippen LogP contribution in [0.4, 0.5) is 10.1 Å². The zero-order valence-electron chi connectivity index (χ0n) is 17.7. The molecule has 0 saturated heterocycles. The normalized spacial score (nSPS) is 18.3. The average Bonchev–Trinajstić information content (AvgIpc) is 2.82. The van der Waals surface area contributed by atoms with E-state index in [-0.39, 0.29) is 23.9 Å². The van der Waals surface area contributed by atoms with Crippen molar-refractivity contribution < 1.29 is 14.0 Å². The molecule has 0 radical (unpaired) electrons. The first kappa shape index (κ1) is 20.8. The van der Waals surface area contributed by atoms with Crippen molar-refractivity contribution >= 4 is 17.4 Å². The van der Waals surface area contributed by atoms with E-state index in [1.54, 1.807) is 12.1 Å². The minimum atomic E-state index is -0.426. The van der Waals surface area contributed by atoms with Crippen LogP contribution in [0.2, 0.25) is 0 Å². The number of H-pyrrole nitrogens is 1. The quantitative estimate of drug-likeness (QED) is 0.636. The second kappa shape index (κ2) is 8.46. The molecule has 1 atom stereocenters. The van der Waals surface area contributed by atoms with Gasteiger partial charge in [0.25, 0.3) is 5.56 Å². The number of amides is 1. The molecule has 8 heteroatoms. The largest absolute Gasteiger partial charge is 0.294 e. The number of halogens is 1. The lowest BCUT2D eigenvalue weighted by Gasteiger charge is -2.38. The van der Waals surface area contributed by atoms with Gasteiger partial charge in [0.1, 0.15) is 11.5 Å². The number of allylic oxidation sites excluding steroid dienone is 2. The number of carbonyl (C=O) groups excluding carboxylic acids is 2. The second-order valence-electron chi connectivity index (χ2n) is 8.15. The summed E-state index contributed by atoms with van der Waals surface area (Å²) in [4.78, 5) is 38.3. The van der Waals surface area contributed by atoms with Crippen LogP contribution in [0.15, 0.2) is 76.7 Å². The molecule has 1 aliphatic heterocycles. The Labute approximate surface area is 188 Å². The summed E-state index contributed by atoms with van der Waals surface area (Å²) in [6.07, 6.45) is 1.62. The van der Waals surface area contributed by atoms with E-state index in [1.807, 2.05) is 30.3 Å². The van der Waals surface area contributed by atoms with Crippen molar-refractivity contribution in [1.82, 2.24) is 15.2 Å². The van der Waals surface area contributed by atoms with Gasteiger partial charge >= 0.3 is 0 Å². The Morgan fingerprint density at radius 2 is 1.76 bits per heavy atom. The minimum Gasteiger partial charge on any atom is -0.294 e. The second-order valence-corrected chi connectivity index (χ2v) is 8.15. The fraction of sp³-hybridized carbons (Fsp3) is 0.200. The van der Waals surface area contributed by atoms with Crippen LogP contribution in [0.1, 0.15) is 37.2 Å². The van der Waals surface area contributed by atoms with Crippen molar-refractivity contribution in [2.24, 2.45) is 0 Å². The van der Waals surface area contributed by atoms with Gasteiger partial charge in [-0.15, -0.1) is 0 Å². The van der Waals surface area contributed by atoms with Crippen LogP contribution in [0, 0.1) is 5.82 Å². The maximum atomic E-state index is 13.5. The maximum absolute atomic E-state index is 13.5. The average molecular weight is 444 g/mol. The van der Waals surface area contributed by atoms with E-state index in [4.69, 9.17) is 0 Å². The van der Waals surface area contributed by atoms with Gasteiger partial charge in [0.15, 0.2) is 5.78 Å². The van der Waals surface area contributed by atoms with Gasteiger partial charge < -0.3 is 0 Å². The van der Waals surface area contributed by atoms with Crippen LogP contribution in [0.5, 0.6) is 0 Å². The molecular weight excluding hydrogens is 423 g/mol. The molecule has 5 rings (SSSR count). The summed E-state index contributed by atoms with van der Waals surface area (Å²) in [7, 11) is 0. The number of ketones is 1. The fourth-order valence-electron chi connectivity index (χ4n) is 4.53. The molecule has 7 nitrogen and oxygen atoms in total. The summed E-state index contributed by atoms with van der Waals surface area (Å²) in [5.41, 5.74) is 6.15. The third-order valence-corrected chi connectivity index (χ3v) is 6.04. The molecule has 1 aromatic heterocycles. The van der Waals surface area contributed by atoms with Gasteiger partial charge in [-0.1, -0.05) is 42.5 Å². The standard InChI is InChI=1S/C25H21FN4O3/c26-17-11-9-15(10-12-17)18-13-23(33)30(20-7-4-8-21(31)24(18)20)29-19-14-22(32)27-28-25(19)16-5-2-1-3-6-16/h1-3,5-6,9-12,14,18H,4,7-8,13H2,(H2,27,29,32)/t18-/m0/s1. The van der Waals surface area contributed by atoms with Crippen molar-refractivity contribution in [3.05, 3.63) is 93.7 Å². The highest BCUT2D eigenvalue weighted by Gasteiger charge is 2.39. The Balaban J connectivity index is 1.58. The zero-order valence-corrected chi connectivity index (χ0v) is 17.7. The van der Waals surface area contributed by atoms with Crippen molar-refractivity contribution in [2.45, 2.75) is 31.6 Å². The molecule has 2 aromatic carbocycles. The molecule has 166 valence electrons. The van der Waals surface area contributed by atoms with Crippen LogP contribution < -0.4 is 11.0 Å². The van der Waals surface area contributed by atoms with Gasteiger partial charge in [0.2, 0.25) is 5.91 Å². The first-order valence-electron chi connectivity index (χ1n) is 10.8. The minimum absolute atomic E-state index is 0.0165. The van der Waals surface area contributed by atoms with E-state index >= 15 is 0 Å². The van der Waals surface area contributed by atoms with Crippen LogP contribution in [-0.4, -0.2) is 26.9 Å². The monoisotopic (exact) mass is 444 g/mol. The van der Waals surface area contributed by atoms with Crippen LogP contribution in [0.25, 0.3) is 11.3 Å². The van der Waals surface area contributed by atoms with Gasteiger partial charge in [-0.05, 0) is 30.5 Å². The number of aromatic amines is 1. The van der Waals surface area contributed by atoms with Gasteiger partial charge in [0, 0.05) is 36.0 Å². The van der Waals surface area contributed by atoms with Gasteiger partial charge in [-0.25, -0.2) is 14.5 Å². The first-order chi connectivity index (χ1) is 16.0. The summed E-state index contributed by atoms with van der Waals surface area (Å²) in [6, 6.07) is 16.5. The van der Waals surface area contributed by atoms with Crippen molar-refractivity contribution in [2.75, 3.05) is 5.43 Å². The number of anilines is 1. The predicted octanol–water partition coefficient (Wildman–Crippen LogP) is 3.93. The number of rotatable bonds is 4. The summed E-state index contributed by atoms with van der Waals surface area (Å²) in [5.74, 6) is -1.05. The number of benzene rings is 2. The highest BCUT2D eigenvalue weighted by Crippen LogP contribution is 2.42. The SMILES string of the molecule is O=C1CCCC2=C1[C@H](c1ccc(F)cc1)CC(=O)N2Nc1cc(=O)[nH]nc1-c1ccccc1. The third-order valence-electron chi connectivity index (χ3n) is 6.04. The summed E-state index contributed by atoms with van der Waals surface area (Å²) >= 11 is 0. The number of nitrogens with one attached hydrogen (secondary N) is 2. The Bertz CT molecular complexity index is 1320. The predicted molar refractivity (Wildman–Crippen MR) is 120 cm³/mol. The summed E-state index contributed by atoms with van der Waals surface area (Å²) in [5, 5.41) is 7.99. The molecule has 0 unspecified atom stereocenters. The molecule has 2 heterocycles. The Morgan fingerprint density at radius 3 is 2.52 bits per heavy atom. The molecule has 2 N–H and O–H groups in total. The number of hydrazine groups is 1. The molecule has 2 aliphatic rings. The number of hydrogen-bond donors (Lipinski definition) is 2. The third kappa shape index (κ3) is 3.95. The number of carbonyl (C=O) groups is 2. The van der Waals surface area contributed by atoms with E-state index in [9.17, 15) is 18.8 Å². The van der Waals surface area contributed by atoms with Crippen LogP contribution in [-0.2, 0) is 9.59 Å². The Morgan fingerprint density at radius 1 is 1.00 bits per heavy atom. The number of aromatic nitrogens is 2. The fourth-order valence-corrected chi connectivity index (χ4v) is 4.53. The van der Waals surface area contributed by atoms with E-state index in [0.29, 0.717) is 41.9 Å². The van der Waals surface area contributed by atoms with Gasteiger partial charge in [0.05, 0.1) is 11.4 Å². The lowest BCUT2D eigenvalue weighted by atomic mass is 9.78. The summed E-state index contributed by atoms with van der Waals surface area (Å²) in [6.45, 7) is 0. The Kier molecular flexibility index (Phi) is 5.34. The highest BCUT2D eigenvalue weighted by atomic mass is 19.1. The summed E-state index contributed by atoms with van der Waals surface area (Å²) < 4.78 is 13.5. The molecular formula is C25H21FN4O3. The molecule has 33 heavy (non-hydrogen) atoms. The topological polar surface area (TPSA) is 95.2 Å². The molecule has 0 bridgehead atoms. The molecule has 0 saturated carbocycles. The lowest BCUT2D eigenvalue weighted by molar-refractivity contribution is -0.130. The van der Waals surface area contributed by atoms with Crippen LogP contribution >= 0.6 is 0 Å². The van der Waals surface area contributed by atoms with Crippen molar-refractivity contribution in [3.8, 4) is 11.3 Å². The first-order valence-corrected chi connectivity index (χ1v) is 10.8. The van der Waals surface area contributed by atoms with Gasteiger partial charge in [-0.3, -0.25) is 19.8 Å².